The van der Waals surface area contributed by atoms with Gasteiger partial charge in [-0.3, -0.25) is 9.99 Å². The lowest BCUT2D eigenvalue weighted by molar-refractivity contribution is 0.230. The van der Waals surface area contributed by atoms with Crippen molar-refractivity contribution >= 4 is 41.4 Å². The molecule has 0 aliphatic heterocycles. The van der Waals surface area contributed by atoms with Crippen LogP contribution in [0.2, 0.25) is 0 Å². The quantitative estimate of drug-likeness (QED) is 0.429. The van der Waals surface area contributed by atoms with Crippen LogP contribution >= 0.6 is 18.9 Å². The molecule has 0 unspecified atom stereocenters. The largest absolute Gasteiger partial charge is 0.383 e. The van der Waals surface area contributed by atoms with Crippen molar-refractivity contribution in [3.05, 3.63) is 35.2 Å². The molecule has 23 heavy (non-hydrogen) atoms. The summed E-state index contributed by atoms with van der Waals surface area (Å²) in [6, 6.07) is 7.02. The lowest BCUT2D eigenvalue weighted by Gasteiger charge is -2.17. The maximum absolute atomic E-state index is 12.6. The second-order valence-electron chi connectivity index (χ2n) is 4.37. The molecule has 0 radical (unpaired) electrons. The van der Waals surface area contributed by atoms with Crippen molar-refractivity contribution in [1.29, 1.82) is 0 Å². The molecule has 0 spiro atoms. The highest BCUT2D eigenvalue weighted by atomic mass is 32.1. The van der Waals surface area contributed by atoms with E-state index < -0.39 is 7.60 Å². The molecule has 7 nitrogen and oxygen atoms in total. The van der Waals surface area contributed by atoms with E-state index in [1.807, 2.05) is 0 Å². The zero-order valence-electron chi connectivity index (χ0n) is 12.9. The summed E-state index contributed by atoms with van der Waals surface area (Å²) in [5.74, 6) is 0.458. The van der Waals surface area contributed by atoms with Crippen LogP contribution in [0.5, 0.6) is 0 Å². The number of nitrogens with one attached hydrogen (secondary N) is 1. The van der Waals surface area contributed by atoms with E-state index in [4.69, 9.17) is 14.8 Å². The number of hydrazone groups is 1. The predicted molar refractivity (Wildman–Crippen MR) is 94.7 cm³/mol. The first-order chi connectivity index (χ1) is 11.1. The molecule has 0 saturated carbocycles. The predicted octanol–water partition coefficient (Wildman–Crippen LogP) is 3.06. The third-order valence-corrected chi connectivity index (χ3v) is 5.60. The number of nitrogens with two attached hydrogens (primary N) is 1. The molecule has 1 heterocycles. The van der Waals surface area contributed by atoms with Crippen molar-refractivity contribution in [1.82, 2.24) is 4.98 Å². The molecule has 1 aromatic heterocycles. The average molecular weight is 354 g/mol. The van der Waals surface area contributed by atoms with E-state index in [2.05, 4.69) is 15.5 Å². The van der Waals surface area contributed by atoms with Crippen LogP contribution in [0.25, 0.3) is 0 Å². The number of rotatable bonds is 8. The smallest absolute Gasteiger partial charge is 0.361 e. The summed E-state index contributed by atoms with van der Waals surface area (Å²) in [5.41, 5.74) is 9.16. The van der Waals surface area contributed by atoms with Crippen LogP contribution in [0.1, 0.15) is 19.4 Å². The van der Waals surface area contributed by atoms with Gasteiger partial charge in [0.15, 0.2) is 0 Å². The standard InChI is InChI=1S/C14H19N4O3PS/c1-3-20-22(19,21-4-2)12-7-5-11(6-8-12)9-16-18-14-17-13(15)10-23-14/h5-10H,3-4,15H2,1-2H3,(H,17,18). The van der Waals surface area contributed by atoms with Gasteiger partial charge in [0.05, 0.1) is 24.7 Å². The number of hydrogen-bond acceptors (Lipinski definition) is 8. The van der Waals surface area contributed by atoms with E-state index in [0.717, 1.165) is 5.56 Å². The third kappa shape index (κ3) is 4.87. The lowest BCUT2D eigenvalue weighted by Crippen LogP contribution is -2.10. The molecule has 9 heteroatoms. The fourth-order valence-electron chi connectivity index (χ4n) is 1.77. The molecule has 0 bridgehead atoms. The van der Waals surface area contributed by atoms with Crippen LogP contribution in [0.15, 0.2) is 34.7 Å². The van der Waals surface area contributed by atoms with E-state index in [0.29, 0.717) is 29.5 Å². The molecule has 0 aliphatic rings. The molecule has 124 valence electrons. The number of aromatic nitrogens is 1. The van der Waals surface area contributed by atoms with Gasteiger partial charge in [0.25, 0.3) is 0 Å². The second kappa shape index (κ2) is 8.21. The van der Waals surface area contributed by atoms with Gasteiger partial charge in [-0.2, -0.15) is 5.10 Å². The van der Waals surface area contributed by atoms with E-state index in [1.54, 1.807) is 49.7 Å². The van der Waals surface area contributed by atoms with Crippen LogP contribution in [0, 0.1) is 0 Å². The Morgan fingerprint density at radius 3 is 2.48 bits per heavy atom. The fraction of sp³-hybridized carbons (Fsp3) is 0.286. The van der Waals surface area contributed by atoms with Gasteiger partial charge in [0.2, 0.25) is 5.13 Å². The topological polar surface area (TPSA) is 98.8 Å². The summed E-state index contributed by atoms with van der Waals surface area (Å²) < 4.78 is 23.2. The van der Waals surface area contributed by atoms with Gasteiger partial charge in [0.1, 0.15) is 5.82 Å². The van der Waals surface area contributed by atoms with Gasteiger partial charge >= 0.3 is 7.60 Å². The maximum atomic E-state index is 12.6. The van der Waals surface area contributed by atoms with Crippen molar-refractivity contribution in [2.75, 3.05) is 24.4 Å². The van der Waals surface area contributed by atoms with Gasteiger partial charge < -0.3 is 14.8 Å². The zero-order chi connectivity index (χ0) is 16.7. The van der Waals surface area contributed by atoms with Crippen LogP contribution in [-0.2, 0) is 13.6 Å². The molecular weight excluding hydrogens is 335 g/mol. The summed E-state index contributed by atoms with van der Waals surface area (Å²) in [7, 11) is -3.24. The van der Waals surface area contributed by atoms with Crippen molar-refractivity contribution in [2.45, 2.75) is 13.8 Å². The molecule has 1 aromatic carbocycles. The Morgan fingerprint density at radius 1 is 1.30 bits per heavy atom. The van der Waals surface area contributed by atoms with Crippen LogP contribution in [0.4, 0.5) is 10.9 Å². The third-order valence-electron chi connectivity index (χ3n) is 2.70. The average Bonchev–Trinajstić information content (AvgIpc) is 2.94. The SMILES string of the molecule is CCOP(=O)(OCC)c1ccc(C=NNc2nc(N)cs2)cc1. The summed E-state index contributed by atoms with van der Waals surface area (Å²) >= 11 is 1.37. The normalized spacial score (nSPS) is 11.9. The maximum Gasteiger partial charge on any atom is 0.361 e. The number of benzene rings is 1. The Bertz CT molecular complexity index is 692. The highest BCUT2D eigenvalue weighted by Gasteiger charge is 2.26. The van der Waals surface area contributed by atoms with Crippen LogP contribution in [-0.4, -0.2) is 24.4 Å². The van der Waals surface area contributed by atoms with Gasteiger partial charge in [-0.25, -0.2) is 4.98 Å². The monoisotopic (exact) mass is 354 g/mol. The summed E-state index contributed by atoms with van der Waals surface area (Å²) in [6.07, 6.45) is 1.63. The molecule has 2 rings (SSSR count). The molecule has 2 aromatic rings. The van der Waals surface area contributed by atoms with Crippen molar-refractivity contribution in [3.63, 3.8) is 0 Å². The first kappa shape index (κ1) is 17.6. The molecule has 0 atom stereocenters. The molecule has 0 fully saturated rings. The molecule has 0 saturated heterocycles. The minimum Gasteiger partial charge on any atom is -0.383 e. The molecule has 0 aliphatic carbocycles. The Kier molecular flexibility index (Phi) is 6.29. The summed E-state index contributed by atoms with van der Waals surface area (Å²) in [4.78, 5) is 4.03. The van der Waals surface area contributed by atoms with E-state index >= 15 is 0 Å². The fourth-order valence-corrected chi connectivity index (χ4v) is 3.88. The Balaban J connectivity index is 2.04. The highest BCUT2D eigenvalue weighted by Crippen LogP contribution is 2.46. The van der Waals surface area contributed by atoms with Crippen LogP contribution in [0.3, 0.4) is 0 Å². The first-order valence-corrected chi connectivity index (χ1v) is 9.49. The number of hydrogen-bond donors (Lipinski definition) is 2. The first-order valence-electron chi connectivity index (χ1n) is 7.07. The van der Waals surface area contributed by atoms with Gasteiger partial charge in [-0.1, -0.05) is 12.1 Å². The number of nitrogen functional groups attached to an aromatic ring is 1. The summed E-state index contributed by atoms with van der Waals surface area (Å²) in [5, 5.41) is 6.95. The molecule has 3 N–H and O–H groups in total. The Morgan fingerprint density at radius 2 is 1.96 bits per heavy atom. The van der Waals surface area contributed by atoms with Crippen molar-refractivity contribution in [3.8, 4) is 0 Å². The zero-order valence-corrected chi connectivity index (χ0v) is 14.6. The lowest BCUT2D eigenvalue weighted by atomic mass is 10.2. The number of nitrogens with zero attached hydrogens (tertiary/aromatic N) is 2. The Labute approximate surface area is 139 Å². The summed E-state index contributed by atoms with van der Waals surface area (Å²) in [6.45, 7) is 4.20. The number of thiazole rings is 1. The van der Waals surface area contributed by atoms with Crippen LogP contribution < -0.4 is 16.5 Å². The van der Waals surface area contributed by atoms with Gasteiger partial charge in [-0.15, -0.1) is 11.3 Å². The minimum atomic E-state index is -3.24. The van der Waals surface area contributed by atoms with E-state index in [9.17, 15) is 4.57 Å². The van der Waals surface area contributed by atoms with Crippen molar-refractivity contribution in [2.24, 2.45) is 5.10 Å². The molecule has 0 amide bonds. The Hall–Kier alpha value is -1.73. The minimum absolute atomic E-state index is 0.321. The van der Waals surface area contributed by atoms with Gasteiger partial charge in [0, 0.05) is 5.38 Å². The van der Waals surface area contributed by atoms with E-state index in [-0.39, 0.29) is 0 Å². The molecular formula is C14H19N4O3PS. The number of anilines is 2. The second-order valence-corrected chi connectivity index (χ2v) is 7.26. The van der Waals surface area contributed by atoms with Gasteiger partial charge in [-0.05, 0) is 31.5 Å². The van der Waals surface area contributed by atoms with E-state index in [1.165, 1.54) is 11.3 Å². The highest BCUT2D eigenvalue weighted by molar-refractivity contribution is 7.62. The van der Waals surface area contributed by atoms with Crippen molar-refractivity contribution < 1.29 is 13.6 Å².